The molecule has 0 saturated carbocycles. The van der Waals surface area contributed by atoms with Crippen molar-refractivity contribution in [1.29, 1.82) is 0 Å². The Bertz CT molecular complexity index is 702. The van der Waals surface area contributed by atoms with Crippen LogP contribution in [0.2, 0.25) is 0 Å². The summed E-state index contributed by atoms with van der Waals surface area (Å²) in [5.41, 5.74) is 1.97. The van der Waals surface area contributed by atoms with Gasteiger partial charge in [-0.2, -0.15) is 0 Å². The number of benzene rings is 1. The lowest BCUT2D eigenvalue weighted by molar-refractivity contribution is -0.115. The van der Waals surface area contributed by atoms with E-state index < -0.39 is 0 Å². The summed E-state index contributed by atoms with van der Waals surface area (Å²) in [5, 5.41) is 5.43. The normalized spacial score (nSPS) is 18.8. The first kappa shape index (κ1) is 13.1. The number of para-hydroxylation sites is 1. The molecule has 1 aliphatic rings. The Labute approximate surface area is 125 Å². The minimum absolute atomic E-state index is 0.0873. The van der Waals surface area contributed by atoms with Crippen LogP contribution in [0, 0.1) is 6.92 Å². The van der Waals surface area contributed by atoms with Crippen molar-refractivity contribution in [3.8, 4) is 0 Å². The minimum atomic E-state index is -0.0873. The fraction of sp³-hybridized carbons (Fsp3) is 0.0667. The molecule has 0 spiro atoms. The molecule has 1 N–H and O–H groups in total. The number of thiophene rings is 1. The number of thioether (sulfide) groups is 1. The third-order valence-electron chi connectivity index (χ3n) is 2.80. The zero-order valence-corrected chi connectivity index (χ0v) is 12.4. The number of aryl methyl sites for hydroxylation is 1. The molecule has 1 aromatic carbocycles. The van der Waals surface area contributed by atoms with Gasteiger partial charge in [-0.25, -0.2) is 4.99 Å². The van der Waals surface area contributed by atoms with Crippen LogP contribution in [-0.4, -0.2) is 11.1 Å². The third-order valence-corrected chi connectivity index (χ3v) is 4.53. The van der Waals surface area contributed by atoms with Crippen LogP contribution >= 0.6 is 23.1 Å². The van der Waals surface area contributed by atoms with E-state index in [1.165, 1.54) is 11.8 Å². The van der Waals surface area contributed by atoms with Crippen LogP contribution in [0.1, 0.15) is 10.4 Å². The molecule has 100 valence electrons. The van der Waals surface area contributed by atoms with Crippen LogP contribution in [0.15, 0.2) is 51.7 Å². The molecule has 2 heterocycles. The molecule has 1 fully saturated rings. The Morgan fingerprint density at radius 2 is 2.05 bits per heavy atom. The molecule has 0 aliphatic carbocycles. The molecule has 1 amide bonds. The van der Waals surface area contributed by atoms with Gasteiger partial charge in [-0.1, -0.05) is 24.3 Å². The Balaban J connectivity index is 1.85. The topological polar surface area (TPSA) is 41.5 Å². The van der Waals surface area contributed by atoms with Crippen LogP contribution in [0.4, 0.5) is 5.69 Å². The van der Waals surface area contributed by atoms with Gasteiger partial charge in [-0.05, 0) is 47.8 Å². The first-order valence-electron chi connectivity index (χ1n) is 6.11. The summed E-state index contributed by atoms with van der Waals surface area (Å²) < 4.78 is 0. The fourth-order valence-electron chi connectivity index (χ4n) is 1.78. The number of aliphatic imine (C=N–C) groups is 1. The van der Waals surface area contributed by atoms with E-state index >= 15 is 0 Å². The van der Waals surface area contributed by atoms with E-state index in [9.17, 15) is 4.79 Å². The van der Waals surface area contributed by atoms with E-state index in [0.29, 0.717) is 10.1 Å². The van der Waals surface area contributed by atoms with Crippen LogP contribution in [0.5, 0.6) is 0 Å². The van der Waals surface area contributed by atoms with Crippen molar-refractivity contribution >= 4 is 45.9 Å². The molecule has 0 atom stereocenters. The van der Waals surface area contributed by atoms with Crippen molar-refractivity contribution in [2.45, 2.75) is 6.92 Å². The molecule has 3 rings (SSSR count). The fourth-order valence-corrected chi connectivity index (χ4v) is 3.34. The number of carbonyl (C=O) groups excluding carboxylic acids is 1. The number of nitrogens with zero attached hydrogens (tertiary/aromatic N) is 1. The number of nitrogens with one attached hydrogen (secondary N) is 1. The van der Waals surface area contributed by atoms with Crippen molar-refractivity contribution in [2.75, 3.05) is 0 Å². The van der Waals surface area contributed by atoms with Gasteiger partial charge in [0.15, 0.2) is 5.17 Å². The molecule has 0 radical (unpaired) electrons. The summed E-state index contributed by atoms with van der Waals surface area (Å²) in [7, 11) is 0. The monoisotopic (exact) mass is 300 g/mol. The number of carbonyl (C=O) groups is 1. The molecule has 5 heteroatoms. The smallest absolute Gasteiger partial charge is 0.264 e. The highest BCUT2D eigenvalue weighted by atomic mass is 32.2. The molecular formula is C15H12N2OS2. The van der Waals surface area contributed by atoms with Crippen molar-refractivity contribution < 1.29 is 4.79 Å². The summed E-state index contributed by atoms with van der Waals surface area (Å²) in [4.78, 5) is 18.2. The van der Waals surface area contributed by atoms with E-state index in [4.69, 9.17) is 0 Å². The molecule has 2 aromatic rings. The summed E-state index contributed by atoms with van der Waals surface area (Å²) in [6, 6.07) is 11.8. The minimum Gasteiger partial charge on any atom is -0.300 e. The van der Waals surface area contributed by atoms with Crippen molar-refractivity contribution in [3.63, 3.8) is 0 Å². The Kier molecular flexibility index (Phi) is 3.71. The van der Waals surface area contributed by atoms with Gasteiger partial charge in [0.05, 0.1) is 10.6 Å². The SMILES string of the molecule is Cc1ccccc1N=C1NC(=O)/C(=C\c2cccs2)S1. The zero-order chi connectivity index (χ0) is 13.9. The molecule has 1 saturated heterocycles. The quantitative estimate of drug-likeness (QED) is 0.853. The first-order valence-corrected chi connectivity index (χ1v) is 7.81. The van der Waals surface area contributed by atoms with Crippen LogP contribution < -0.4 is 5.32 Å². The van der Waals surface area contributed by atoms with E-state index in [-0.39, 0.29) is 5.91 Å². The maximum Gasteiger partial charge on any atom is 0.264 e. The number of rotatable bonds is 2. The summed E-state index contributed by atoms with van der Waals surface area (Å²) in [5.74, 6) is -0.0873. The highest BCUT2D eigenvalue weighted by Gasteiger charge is 2.23. The number of hydrogen-bond acceptors (Lipinski definition) is 4. The van der Waals surface area contributed by atoms with Crippen LogP contribution in [0.25, 0.3) is 6.08 Å². The van der Waals surface area contributed by atoms with Gasteiger partial charge in [0.2, 0.25) is 0 Å². The highest BCUT2D eigenvalue weighted by molar-refractivity contribution is 8.18. The van der Waals surface area contributed by atoms with E-state index in [2.05, 4.69) is 10.3 Å². The van der Waals surface area contributed by atoms with Gasteiger partial charge in [0.1, 0.15) is 0 Å². The van der Waals surface area contributed by atoms with Gasteiger partial charge in [-0.3, -0.25) is 4.79 Å². The predicted octanol–water partition coefficient (Wildman–Crippen LogP) is 3.95. The van der Waals surface area contributed by atoms with Gasteiger partial charge >= 0.3 is 0 Å². The lowest BCUT2D eigenvalue weighted by atomic mass is 10.2. The van der Waals surface area contributed by atoms with Crippen LogP contribution in [0.3, 0.4) is 0 Å². The Morgan fingerprint density at radius 1 is 1.20 bits per heavy atom. The summed E-state index contributed by atoms with van der Waals surface area (Å²) in [6.07, 6.45) is 1.89. The Hall–Kier alpha value is -1.85. The van der Waals surface area contributed by atoms with Crippen molar-refractivity contribution in [3.05, 3.63) is 57.1 Å². The molecule has 1 aliphatic heterocycles. The second-order valence-corrected chi connectivity index (χ2v) is 6.29. The third kappa shape index (κ3) is 2.84. The van der Waals surface area contributed by atoms with Crippen molar-refractivity contribution in [1.82, 2.24) is 5.32 Å². The zero-order valence-electron chi connectivity index (χ0n) is 10.8. The second-order valence-electron chi connectivity index (χ2n) is 4.28. The number of hydrogen-bond donors (Lipinski definition) is 1. The van der Waals surface area contributed by atoms with Crippen molar-refractivity contribution in [2.24, 2.45) is 4.99 Å². The molecule has 20 heavy (non-hydrogen) atoms. The molecule has 3 nitrogen and oxygen atoms in total. The Morgan fingerprint density at radius 3 is 2.80 bits per heavy atom. The van der Waals surface area contributed by atoms with Gasteiger partial charge in [-0.15, -0.1) is 11.3 Å². The van der Waals surface area contributed by atoms with Gasteiger partial charge in [0, 0.05) is 4.88 Å². The average Bonchev–Trinajstić information content (AvgIpc) is 3.04. The standard InChI is InChI=1S/C15H12N2OS2/c1-10-5-2-3-7-12(10)16-15-17-14(18)13(20-15)9-11-6-4-8-19-11/h2-9H,1H3,(H,16,17,18)/b13-9+. The molecular weight excluding hydrogens is 288 g/mol. The number of amidine groups is 1. The summed E-state index contributed by atoms with van der Waals surface area (Å²) in [6.45, 7) is 2.00. The lowest BCUT2D eigenvalue weighted by Gasteiger charge is -1.99. The lowest BCUT2D eigenvalue weighted by Crippen LogP contribution is -2.19. The summed E-state index contributed by atoms with van der Waals surface area (Å²) >= 11 is 2.99. The number of amides is 1. The average molecular weight is 300 g/mol. The largest absolute Gasteiger partial charge is 0.300 e. The second kappa shape index (κ2) is 5.64. The maximum atomic E-state index is 11.9. The molecule has 0 unspecified atom stereocenters. The molecule has 1 aromatic heterocycles. The maximum absolute atomic E-state index is 11.9. The van der Waals surface area contributed by atoms with E-state index in [1.54, 1.807) is 11.3 Å². The molecule has 0 bridgehead atoms. The van der Waals surface area contributed by atoms with E-state index in [0.717, 1.165) is 16.1 Å². The predicted molar refractivity (Wildman–Crippen MR) is 86.3 cm³/mol. The van der Waals surface area contributed by atoms with Gasteiger partial charge in [0.25, 0.3) is 5.91 Å². The first-order chi connectivity index (χ1) is 9.72. The van der Waals surface area contributed by atoms with Crippen LogP contribution in [-0.2, 0) is 4.79 Å². The highest BCUT2D eigenvalue weighted by Crippen LogP contribution is 2.29. The van der Waals surface area contributed by atoms with Gasteiger partial charge < -0.3 is 5.32 Å². The van der Waals surface area contributed by atoms with E-state index in [1.807, 2.05) is 54.8 Å².